The fourth-order valence-corrected chi connectivity index (χ4v) is 5.48. The Bertz CT molecular complexity index is 1110. The number of primary amides is 1. The van der Waals surface area contributed by atoms with Crippen LogP contribution in [0.1, 0.15) is 10.4 Å². The normalized spacial score (nSPS) is 11.2. The Labute approximate surface area is 168 Å². The number of rotatable bonds is 4. The average molecular weight is 419 g/mol. The van der Waals surface area contributed by atoms with E-state index in [0.29, 0.717) is 15.6 Å². The highest BCUT2D eigenvalue weighted by molar-refractivity contribution is 7.99. The van der Waals surface area contributed by atoms with Gasteiger partial charge in [0.1, 0.15) is 4.83 Å². The molecule has 0 saturated heterocycles. The van der Waals surface area contributed by atoms with E-state index in [1.54, 1.807) is 41.3 Å². The smallest absolute Gasteiger partial charge is 0.249 e. The molecule has 0 bridgehead atoms. The molecule has 2 aromatic carbocycles. The van der Waals surface area contributed by atoms with Gasteiger partial charge >= 0.3 is 0 Å². The number of halogens is 2. The van der Waals surface area contributed by atoms with Crippen LogP contribution in [0, 0.1) is 0 Å². The number of aromatic nitrogens is 1. The maximum absolute atomic E-state index is 11.9. The van der Waals surface area contributed by atoms with Gasteiger partial charge in [-0.25, -0.2) is 0 Å². The lowest BCUT2D eigenvalue weighted by Gasteiger charge is -2.09. The molecule has 3 N–H and O–H groups in total. The number of carbonyl (C=O) groups is 1. The van der Waals surface area contributed by atoms with E-state index in [4.69, 9.17) is 28.9 Å². The van der Waals surface area contributed by atoms with Crippen molar-refractivity contribution in [2.75, 3.05) is 0 Å². The van der Waals surface area contributed by atoms with E-state index >= 15 is 0 Å². The van der Waals surface area contributed by atoms with Crippen LogP contribution in [-0.4, -0.2) is 10.9 Å². The predicted molar refractivity (Wildman–Crippen MR) is 111 cm³/mol. The summed E-state index contributed by atoms with van der Waals surface area (Å²) >= 11 is 15.5. The lowest BCUT2D eigenvalue weighted by atomic mass is 10.0. The quantitative estimate of drug-likeness (QED) is 0.399. The van der Waals surface area contributed by atoms with E-state index in [-0.39, 0.29) is 0 Å². The van der Waals surface area contributed by atoms with Crippen LogP contribution in [0.4, 0.5) is 0 Å². The fourth-order valence-electron chi connectivity index (χ4n) is 2.81. The van der Waals surface area contributed by atoms with E-state index in [1.165, 1.54) is 0 Å². The molecule has 7 heteroatoms. The molecular weight excluding hydrogens is 407 g/mol. The summed E-state index contributed by atoms with van der Waals surface area (Å²) in [6, 6.07) is 14.8. The average Bonchev–Trinajstić information content (AvgIpc) is 3.16. The molecule has 1 amide bonds. The summed E-state index contributed by atoms with van der Waals surface area (Å²) in [4.78, 5) is 18.3. The lowest BCUT2D eigenvalue weighted by Crippen LogP contribution is -2.12. The van der Waals surface area contributed by atoms with Crippen molar-refractivity contribution in [2.24, 2.45) is 5.73 Å². The first-order valence-electron chi connectivity index (χ1n) is 7.65. The monoisotopic (exact) mass is 418 g/mol. The number of amides is 1. The molecule has 3 nitrogen and oxygen atoms in total. The zero-order valence-corrected chi connectivity index (χ0v) is 16.4. The molecule has 0 aliphatic heterocycles. The van der Waals surface area contributed by atoms with Crippen molar-refractivity contribution >= 4 is 62.4 Å². The van der Waals surface area contributed by atoms with Gasteiger partial charge in [0.15, 0.2) is 0 Å². The molecule has 0 saturated carbocycles. The second-order valence-electron chi connectivity index (χ2n) is 5.61. The van der Waals surface area contributed by atoms with Gasteiger partial charge in [-0.2, -0.15) is 0 Å². The third-order valence-corrected chi connectivity index (χ3v) is 6.26. The lowest BCUT2D eigenvalue weighted by molar-refractivity contribution is 0.100. The standard InChI is InChI=1S/C19H12Cl2N2OS2/c20-10-7-11(21)9-12(8-10)26-17-15-5-6-25-19(15)23-16(17)13-3-1-2-4-14(13)18(22)24/h1-9,23H,(H2,22,24). The third-order valence-electron chi connectivity index (χ3n) is 3.89. The Morgan fingerprint density at radius 1 is 1.08 bits per heavy atom. The van der Waals surface area contributed by atoms with Crippen LogP contribution in [0.25, 0.3) is 21.5 Å². The molecule has 2 heterocycles. The molecule has 0 aliphatic carbocycles. The van der Waals surface area contributed by atoms with Gasteiger partial charge in [-0.05, 0) is 35.7 Å². The van der Waals surface area contributed by atoms with Gasteiger partial charge in [0.25, 0.3) is 0 Å². The number of H-pyrrole nitrogens is 1. The van der Waals surface area contributed by atoms with Gasteiger partial charge in [0, 0.05) is 36.3 Å². The van der Waals surface area contributed by atoms with Gasteiger partial charge in [0.2, 0.25) is 5.91 Å². The molecule has 0 fully saturated rings. The van der Waals surface area contributed by atoms with Gasteiger partial charge in [0.05, 0.1) is 5.69 Å². The number of aromatic amines is 1. The number of hydrogen-bond acceptors (Lipinski definition) is 3. The molecule has 2 aromatic heterocycles. The minimum Gasteiger partial charge on any atom is -0.366 e. The maximum Gasteiger partial charge on any atom is 0.249 e. The van der Waals surface area contributed by atoms with Crippen molar-refractivity contribution in [1.82, 2.24) is 4.98 Å². The zero-order valence-electron chi connectivity index (χ0n) is 13.3. The zero-order chi connectivity index (χ0) is 18.3. The molecule has 0 atom stereocenters. The Morgan fingerprint density at radius 2 is 1.81 bits per heavy atom. The number of carbonyl (C=O) groups excluding carboxylic acids is 1. The molecule has 0 unspecified atom stereocenters. The molecule has 130 valence electrons. The van der Waals surface area contributed by atoms with Crippen molar-refractivity contribution < 1.29 is 4.79 Å². The van der Waals surface area contributed by atoms with Crippen molar-refractivity contribution in [3.8, 4) is 11.3 Å². The first kappa shape index (κ1) is 17.5. The van der Waals surface area contributed by atoms with Crippen LogP contribution >= 0.6 is 46.3 Å². The van der Waals surface area contributed by atoms with E-state index in [2.05, 4.69) is 11.1 Å². The number of hydrogen-bond donors (Lipinski definition) is 2. The van der Waals surface area contributed by atoms with Gasteiger partial charge in [-0.1, -0.05) is 53.2 Å². The highest BCUT2D eigenvalue weighted by Crippen LogP contribution is 2.44. The van der Waals surface area contributed by atoms with Crippen LogP contribution in [0.15, 0.2) is 63.7 Å². The highest BCUT2D eigenvalue weighted by atomic mass is 35.5. The SMILES string of the molecule is NC(=O)c1ccccc1-c1[nH]c2sccc2c1Sc1cc(Cl)cc(Cl)c1. The summed E-state index contributed by atoms with van der Waals surface area (Å²) in [6.07, 6.45) is 0. The van der Waals surface area contributed by atoms with E-state index in [0.717, 1.165) is 31.3 Å². The molecule has 0 radical (unpaired) electrons. The second-order valence-corrected chi connectivity index (χ2v) is 8.48. The number of nitrogens with two attached hydrogens (primary N) is 1. The first-order chi connectivity index (χ1) is 12.5. The fraction of sp³-hybridized carbons (Fsp3) is 0. The van der Waals surface area contributed by atoms with Gasteiger partial charge in [-0.15, -0.1) is 11.3 Å². The summed E-state index contributed by atoms with van der Waals surface area (Å²) in [5.74, 6) is -0.458. The Morgan fingerprint density at radius 3 is 2.54 bits per heavy atom. The van der Waals surface area contributed by atoms with E-state index in [9.17, 15) is 4.79 Å². The molecule has 4 aromatic rings. The largest absolute Gasteiger partial charge is 0.366 e. The number of thiophene rings is 1. The topological polar surface area (TPSA) is 58.9 Å². The Balaban J connectivity index is 1.91. The number of nitrogens with one attached hydrogen (secondary N) is 1. The number of benzene rings is 2. The molecule has 26 heavy (non-hydrogen) atoms. The summed E-state index contributed by atoms with van der Waals surface area (Å²) in [6.45, 7) is 0. The molecule has 0 spiro atoms. The van der Waals surface area contributed by atoms with Crippen LogP contribution in [-0.2, 0) is 0 Å². The molecular formula is C19H12Cl2N2OS2. The minimum absolute atomic E-state index is 0.458. The van der Waals surface area contributed by atoms with Crippen LogP contribution in [0.5, 0.6) is 0 Å². The third kappa shape index (κ3) is 3.23. The van der Waals surface area contributed by atoms with Gasteiger partial charge < -0.3 is 10.7 Å². The van der Waals surface area contributed by atoms with E-state index < -0.39 is 5.91 Å². The van der Waals surface area contributed by atoms with Gasteiger partial charge in [-0.3, -0.25) is 4.79 Å². The minimum atomic E-state index is -0.458. The van der Waals surface area contributed by atoms with Crippen molar-refractivity contribution in [3.05, 3.63) is 69.5 Å². The first-order valence-corrected chi connectivity index (χ1v) is 10.1. The van der Waals surface area contributed by atoms with Crippen molar-refractivity contribution in [1.29, 1.82) is 0 Å². The summed E-state index contributed by atoms with van der Waals surface area (Å²) in [7, 11) is 0. The van der Waals surface area contributed by atoms with Crippen LogP contribution in [0.3, 0.4) is 0 Å². The number of fused-ring (bicyclic) bond motifs is 1. The second kappa shape index (κ2) is 7.00. The Kier molecular flexibility index (Phi) is 4.71. The van der Waals surface area contributed by atoms with Crippen molar-refractivity contribution in [3.63, 3.8) is 0 Å². The summed E-state index contributed by atoms with van der Waals surface area (Å²) in [5.41, 5.74) is 7.69. The summed E-state index contributed by atoms with van der Waals surface area (Å²) in [5, 5.41) is 4.28. The van der Waals surface area contributed by atoms with Crippen molar-refractivity contribution in [2.45, 2.75) is 9.79 Å². The Hall–Kier alpha value is -1.92. The highest BCUT2D eigenvalue weighted by Gasteiger charge is 2.19. The molecule has 4 rings (SSSR count). The van der Waals surface area contributed by atoms with E-state index in [1.807, 2.05) is 29.6 Å². The van der Waals surface area contributed by atoms with Crippen LogP contribution < -0.4 is 5.73 Å². The summed E-state index contributed by atoms with van der Waals surface area (Å²) < 4.78 is 0. The molecule has 0 aliphatic rings. The van der Waals surface area contributed by atoms with Crippen LogP contribution in [0.2, 0.25) is 10.0 Å². The maximum atomic E-state index is 11.9. The predicted octanol–water partition coefficient (Wildman–Crippen LogP) is 6.45.